The maximum Gasteiger partial charge on any atom is 0.358 e. The Bertz CT molecular complexity index is 398. The lowest BCUT2D eigenvalue weighted by Crippen LogP contribution is -2.13. The number of hydrogen-bond acceptors (Lipinski definition) is 7. The van der Waals surface area contributed by atoms with Crippen LogP contribution in [0, 0.1) is 0 Å². The van der Waals surface area contributed by atoms with Crippen LogP contribution < -0.4 is 0 Å². The molecule has 0 saturated heterocycles. The molecule has 0 bridgehead atoms. The van der Waals surface area contributed by atoms with Gasteiger partial charge in [-0.25, -0.2) is 9.48 Å². The van der Waals surface area contributed by atoms with Crippen molar-refractivity contribution in [1.29, 1.82) is 0 Å². The van der Waals surface area contributed by atoms with Crippen LogP contribution in [0.15, 0.2) is 6.20 Å². The highest BCUT2D eigenvalue weighted by Crippen LogP contribution is 1.92. The minimum absolute atomic E-state index is 0.0770. The van der Waals surface area contributed by atoms with Gasteiger partial charge in [-0.2, -0.15) is 0 Å². The van der Waals surface area contributed by atoms with Crippen molar-refractivity contribution in [3.8, 4) is 0 Å². The van der Waals surface area contributed by atoms with Crippen LogP contribution in [0.5, 0.6) is 0 Å². The van der Waals surface area contributed by atoms with Gasteiger partial charge in [0.2, 0.25) is 0 Å². The van der Waals surface area contributed by atoms with Crippen LogP contribution in [0.2, 0.25) is 0 Å². The normalized spacial score (nSPS) is 10.9. The first-order valence-corrected chi connectivity index (χ1v) is 6.59. The number of nitrogens with zero attached hydrogens (tertiary/aromatic N) is 3. The third-order valence-electron chi connectivity index (χ3n) is 2.40. The Labute approximate surface area is 122 Å². The molecule has 0 atom stereocenters. The van der Waals surface area contributed by atoms with E-state index in [-0.39, 0.29) is 5.69 Å². The van der Waals surface area contributed by atoms with Crippen LogP contribution in [-0.4, -0.2) is 79.4 Å². The second kappa shape index (κ2) is 11.1. The third kappa shape index (κ3) is 8.35. The predicted octanol–water partition coefficient (Wildman–Crippen LogP) is -0.327. The molecule has 120 valence electrons. The van der Waals surface area contributed by atoms with Gasteiger partial charge in [0, 0.05) is 7.11 Å². The Morgan fingerprint density at radius 2 is 1.67 bits per heavy atom. The van der Waals surface area contributed by atoms with Gasteiger partial charge in [-0.1, -0.05) is 5.21 Å². The molecule has 1 aromatic heterocycles. The van der Waals surface area contributed by atoms with E-state index in [1.807, 2.05) is 0 Å². The molecular formula is C12H21N3O6. The average molecular weight is 303 g/mol. The minimum atomic E-state index is -1.09. The minimum Gasteiger partial charge on any atom is -0.476 e. The number of carboxylic acids is 1. The van der Waals surface area contributed by atoms with Crippen LogP contribution in [0.1, 0.15) is 10.5 Å². The molecule has 1 rings (SSSR count). The first kappa shape index (κ1) is 17.5. The van der Waals surface area contributed by atoms with E-state index in [0.29, 0.717) is 52.8 Å². The van der Waals surface area contributed by atoms with Crippen LogP contribution in [-0.2, 0) is 25.5 Å². The van der Waals surface area contributed by atoms with Gasteiger partial charge in [0.25, 0.3) is 0 Å². The molecular weight excluding hydrogens is 282 g/mol. The van der Waals surface area contributed by atoms with Crippen molar-refractivity contribution < 1.29 is 28.8 Å². The number of hydrogen-bond donors (Lipinski definition) is 1. The molecule has 0 spiro atoms. The van der Waals surface area contributed by atoms with Crippen molar-refractivity contribution in [3.05, 3.63) is 11.9 Å². The number of carboxylic acid groups (broad SMARTS) is 1. The molecule has 0 aliphatic heterocycles. The van der Waals surface area contributed by atoms with Gasteiger partial charge in [0.15, 0.2) is 5.69 Å². The number of carbonyl (C=O) groups is 1. The monoisotopic (exact) mass is 303 g/mol. The fraction of sp³-hybridized carbons (Fsp3) is 0.750. The van der Waals surface area contributed by atoms with Gasteiger partial charge in [-0.3, -0.25) is 0 Å². The van der Waals surface area contributed by atoms with Crippen molar-refractivity contribution in [2.45, 2.75) is 6.54 Å². The van der Waals surface area contributed by atoms with E-state index < -0.39 is 5.97 Å². The van der Waals surface area contributed by atoms with Gasteiger partial charge in [0.05, 0.1) is 59.0 Å². The summed E-state index contributed by atoms with van der Waals surface area (Å²) in [5.41, 5.74) is -0.0770. The van der Waals surface area contributed by atoms with Crippen LogP contribution >= 0.6 is 0 Å². The van der Waals surface area contributed by atoms with Crippen LogP contribution in [0.4, 0.5) is 0 Å². The van der Waals surface area contributed by atoms with Gasteiger partial charge in [-0.05, 0) is 0 Å². The molecule has 0 aliphatic rings. The highest BCUT2D eigenvalue weighted by molar-refractivity contribution is 5.84. The zero-order valence-corrected chi connectivity index (χ0v) is 12.1. The van der Waals surface area contributed by atoms with Gasteiger partial charge < -0.3 is 24.1 Å². The van der Waals surface area contributed by atoms with E-state index in [4.69, 9.17) is 24.1 Å². The standard InChI is InChI=1S/C12H21N3O6/c1-18-4-5-20-8-9-21-7-6-19-3-2-15-10-11(12(16)17)13-14-15/h10H,2-9H2,1H3,(H,16,17). The third-order valence-corrected chi connectivity index (χ3v) is 2.40. The number of aromatic nitrogens is 3. The predicted molar refractivity (Wildman–Crippen MR) is 71.3 cm³/mol. The molecule has 9 nitrogen and oxygen atoms in total. The van der Waals surface area contributed by atoms with E-state index in [0.717, 1.165) is 0 Å². The highest BCUT2D eigenvalue weighted by atomic mass is 16.6. The molecule has 1 N–H and O–H groups in total. The SMILES string of the molecule is COCCOCCOCCOCCn1cc(C(=O)O)nn1. The van der Waals surface area contributed by atoms with Crippen molar-refractivity contribution in [2.75, 3.05) is 53.4 Å². The lowest BCUT2D eigenvalue weighted by Gasteiger charge is -2.06. The number of ether oxygens (including phenoxy) is 4. The molecule has 0 aromatic carbocycles. The summed E-state index contributed by atoms with van der Waals surface area (Å²) in [6.07, 6.45) is 1.36. The number of methoxy groups -OCH3 is 1. The second-order valence-corrected chi connectivity index (χ2v) is 4.00. The summed E-state index contributed by atoms with van der Waals surface area (Å²) in [7, 11) is 1.62. The molecule has 9 heteroatoms. The zero-order chi connectivity index (χ0) is 15.3. The Kier molecular flexibility index (Phi) is 9.29. The van der Waals surface area contributed by atoms with Gasteiger partial charge >= 0.3 is 5.97 Å². The molecule has 0 saturated carbocycles. The maximum atomic E-state index is 10.6. The fourth-order valence-electron chi connectivity index (χ4n) is 1.35. The largest absolute Gasteiger partial charge is 0.476 e. The summed E-state index contributed by atoms with van der Waals surface area (Å²) in [6.45, 7) is 3.97. The lowest BCUT2D eigenvalue weighted by atomic mass is 10.5. The van der Waals surface area contributed by atoms with Crippen LogP contribution in [0.25, 0.3) is 0 Å². The van der Waals surface area contributed by atoms with Crippen molar-refractivity contribution in [2.24, 2.45) is 0 Å². The average Bonchev–Trinajstić information content (AvgIpc) is 2.94. The topological polar surface area (TPSA) is 105 Å². The van der Waals surface area contributed by atoms with E-state index in [1.165, 1.54) is 10.9 Å². The lowest BCUT2D eigenvalue weighted by molar-refractivity contribution is 0.00244. The summed E-state index contributed by atoms with van der Waals surface area (Å²) in [5.74, 6) is -1.09. The summed E-state index contributed by atoms with van der Waals surface area (Å²) in [6, 6.07) is 0. The molecule has 1 heterocycles. The smallest absolute Gasteiger partial charge is 0.358 e. The zero-order valence-electron chi connectivity index (χ0n) is 12.1. The number of aromatic carboxylic acids is 1. The van der Waals surface area contributed by atoms with Crippen molar-refractivity contribution >= 4 is 5.97 Å². The fourth-order valence-corrected chi connectivity index (χ4v) is 1.35. The van der Waals surface area contributed by atoms with E-state index >= 15 is 0 Å². The number of rotatable bonds is 13. The highest BCUT2D eigenvalue weighted by Gasteiger charge is 2.07. The van der Waals surface area contributed by atoms with Gasteiger partial charge in [0.1, 0.15) is 0 Å². The van der Waals surface area contributed by atoms with E-state index in [2.05, 4.69) is 10.3 Å². The quantitative estimate of drug-likeness (QED) is 0.494. The van der Waals surface area contributed by atoms with Crippen LogP contribution in [0.3, 0.4) is 0 Å². The maximum absolute atomic E-state index is 10.6. The molecule has 21 heavy (non-hydrogen) atoms. The summed E-state index contributed by atoms with van der Waals surface area (Å²) in [5, 5.41) is 15.8. The molecule has 1 aromatic rings. The first-order chi connectivity index (χ1) is 10.2. The molecule has 0 aliphatic carbocycles. The molecule has 0 amide bonds. The van der Waals surface area contributed by atoms with E-state index in [9.17, 15) is 4.79 Å². The van der Waals surface area contributed by atoms with Gasteiger partial charge in [-0.15, -0.1) is 5.10 Å². The summed E-state index contributed by atoms with van der Waals surface area (Å²) >= 11 is 0. The van der Waals surface area contributed by atoms with E-state index in [1.54, 1.807) is 7.11 Å². The molecule has 0 fully saturated rings. The van der Waals surface area contributed by atoms with Crippen molar-refractivity contribution in [3.63, 3.8) is 0 Å². The molecule has 0 unspecified atom stereocenters. The molecule has 0 radical (unpaired) electrons. The Morgan fingerprint density at radius 1 is 1.10 bits per heavy atom. The second-order valence-electron chi connectivity index (χ2n) is 4.00. The Morgan fingerprint density at radius 3 is 2.19 bits per heavy atom. The van der Waals surface area contributed by atoms with Crippen molar-refractivity contribution in [1.82, 2.24) is 15.0 Å². The Hall–Kier alpha value is -1.55. The first-order valence-electron chi connectivity index (χ1n) is 6.59. The Balaban J connectivity index is 1.89. The summed E-state index contributed by atoms with van der Waals surface area (Å²) in [4.78, 5) is 10.6. The summed E-state index contributed by atoms with van der Waals surface area (Å²) < 4.78 is 22.1.